The Balaban J connectivity index is 1.47. The number of nitrogens with zero attached hydrogens (tertiary/aromatic N) is 2. The number of aromatic nitrogens is 3. The topological polar surface area (TPSA) is 106 Å². The summed E-state index contributed by atoms with van der Waals surface area (Å²) in [5, 5.41) is 2.70. The van der Waals surface area contributed by atoms with Crippen LogP contribution < -0.4 is 20.3 Å². The number of hydrogen-bond donors (Lipinski definition) is 2. The average molecular weight is 350 g/mol. The molecule has 8 heteroatoms. The smallest absolute Gasteiger partial charge is 0.264 e. The van der Waals surface area contributed by atoms with E-state index in [4.69, 9.17) is 9.47 Å². The molecule has 26 heavy (non-hydrogen) atoms. The first kappa shape index (κ1) is 15.8. The van der Waals surface area contributed by atoms with Gasteiger partial charge in [-0.1, -0.05) is 6.07 Å². The Bertz CT molecular complexity index is 1020. The lowest BCUT2D eigenvalue weighted by molar-refractivity contribution is 0.0949. The SMILES string of the molecule is O=C(NCc1ccc2c(c1)OCO2)c1cnc(-c2cccnc2)[nH]c1=O. The molecule has 2 aromatic heterocycles. The van der Waals surface area contributed by atoms with Gasteiger partial charge in [0.2, 0.25) is 6.79 Å². The summed E-state index contributed by atoms with van der Waals surface area (Å²) in [5.74, 6) is 1.16. The van der Waals surface area contributed by atoms with Crippen molar-refractivity contribution in [1.29, 1.82) is 0 Å². The van der Waals surface area contributed by atoms with Gasteiger partial charge in [-0.05, 0) is 29.8 Å². The Morgan fingerprint density at radius 2 is 2.08 bits per heavy atom. The van der Waals surface area contributed by atoms with Gasteiger partial charge in [0.1, 0.15) is 11.4 Å². The highest BCUT2D eigenvalue weighted by Gasteiger charge is 2.15. The number of nitrogens with one attached hydrogen (secondary N) is 2. The fourth-order valence-electron chi connectivity index (χ4n) is 2.53. The van der Waals surface area contributed by atoms with Crippen LogP contribution in [0.2, 0.25) is 0 Å². The molecule has 0 unspecified atom stereocenters. The van der Waals surface area contributed by atoms with E-state index in [1.807, 2.05) is 6.07 Å². The molecular weight excluding hydrogens is 336 g/mol. The normalized spacial score (nSPS) is 12.0. The molecule has 0 spiro atoms. The van der Waals surface area contributed by atoms with Gasteiger partial charge in [0.05, 0.1) is 0 Å². The van der Waals surface area contributed by atoms with E-state index in [2.05, 4.69) is 20.3 Å². The zero-order chi connectivity index (χ0) is 17.9. The molecule has 0 saturated carbocycles. The van der Waals surface area contributed by atoms with Crippen molar-refractivity contribution in [3.05, 3.63) is 70.4 Å². The predicted octanol–water partition coefficient (Wildman–Crippen LogP) is 1.49. The summed E-state index contributed by atoms with van der Waals surface area (Å²) < 4.78 is 10.5. The van der Waals surface area contributed by atoms with Crippen LogP contribution in [0.5, 0.6) is 11.5 Å². The third kappa shape index (κ3) is 3.12. The van der Waals surface area contributed by atoms with Crippen LogP contribution in [0.15, 0.2) is 53.7 Å². The first-order valence-electron chi connectivity index (χ1n) is 7.87. The molecule has 1 aliphatic heterocycles. The second-order valence-electron chi connectivity index (χ2n) is 5.59. The van der Waals surface area contributed by atoms with Crippen molar-refractivity contribution in [1.82, 2.24) is 20.3 Å². The molecule has 0 atom stereocenters. The van der Waals surface area contributed by atoms with E-state index < -0.39 is 11.5 Å². The standard InChI is InChI=1S/C18H14N4O4/c23-17(21-7-11-3-4-14-15(6-11)26-10-25-14)13-9-20-16(22-18(13)24)12-2-1-5-19-8-12/h1-6,8-9H,7,10H2,(H,21,23)(H,20,22,24). The molecule has 1 aliphatic rings. The molecule has 3 heterocycles. The molecule has 3 aromatic rings. The minimum absolute atomic E-state index is 0.0571. The van der Waals surface area contributed by atoms with Gasteiger partial charge in [0.25, 0.3) is 11.5 Å². The zero-order valence-electron chi connectivity index (χ0n) is 13.6. The van der Waals surface area contributed by atoms with Crippen molar-refractivity contribution in [3.63, 3.8) is 0 Å². The lowest BCUT2D eigenvalue weighted by atomic mass is 10.2. The highest BCUT2D eigenvalue weighted by molar-refractivity contribution is 5.93. The summed E-state index contributed by atoms with van der Waals surface area (Å²) in [6.07, 6.45) is 4.47. The summed E-state index contributed by atoms with van der Waals surface area (Å²) in [6.45, 7) is 0.439. The molecule has 2 N–H and O–H groups in total. The molecular formula is C18H14N4O4. The lowest BCUT2D eigenvalue weighted by Gasteiger charge is -2.06. The number of carbonyl (C=O) groups excluding carboxylic acids is 1. The van der Waals surface area contributed by atoms with Crippen LogP contribution in [-0.4, -0.2) is 27.7 Å². The van der Waals surface area contributed by atoms with E-state index in [1.165, 1.54) is 6.20 Å². The number of amides is 1. The maximum Gasteiger partial charge on any atom is 0.264 e. The van der Waals surface area contributed by atoms with Crippen molar-refractivity contribution in [3.8, 4) is 22.9 Å². The minimum atomic E-state index is -0.512. The molecule has 0 bridgehead atoms. The minimum Gasteiger partial charge on any atom is -0.454 e. The van der Waals surface area contributed by atoms with E-state index in [9.17, 15) is 9.59 Å². The first-order chi connectivity index (χ1) is 12.7. The monoisotopic (exact) mass is 350 g/mol. The Hall–Kier alpha value is -3.68. The molecule has 130 valence electrons. The van der Waals surface area contributed by atoms with Gasteiger partial charge in [-0.15, -0.1) is 0 Å². The number of ether oxygens (including phenoxy) is 2. The Morgan fingerprint density at radius 1 is 1.19 bits per heavy atom. The molecule has 4 rings (SSSR count). The summed E-state index contributed by atoms with van der Waals surface area (Å²) in [5.41, 5.74) is 0.927. The van der Waals surface area contributed by atoms with E-state index in [0.29, 0.717) is 22.9 Å². The number of pyridine rings is 1. The first-order valence-corrected chi connectivity index (χ1v) is 7.87. The second-order valence-corrected chi connectivity index (χ2v) is 5.59. The van der Waals surface area contributed by atoms with E-state index in [1.54, 1.807) is 36.7 Å². The second kappa shape index (κ2) is 6.67. The van der Waals surface area contributed by atoms with Gasteiger partial charge in [-0.25, -0.2) is 4.98 Å². The van der Waals surface area contributed by atoms with Gasteiger partial charge in [0, 0.05) is 30.7 Å². The van der Waals surface area contributed by atoms with Crippen LogP contribution in [0.4, 0.5) is 0 Å². The van der Waals surface area contributed by atoms with E-state index >= 15 is 0 Å². The number of aromatic amines is 1. The molecule has 0 radical (unpaired) electrons. The molecule has 0 fully saturated rings. The Labute approximate surface area is 147 Å². The molecule has 0 aliphatic carbocycles. The number of fused-ring (bicyclic) bond motifs is 1. The number of rotatable bonds is 4. The Morgan fingerprint density at radius 3 is 2.88 bits per heavy atom. The lowest BCUT2D eigenvalue weighted by Crippen LogP contribution is -2.29. The maximum absolute atomic E-state index is 12.3. The highest BCUT2D eigenvalue weighted by Crippen LogP contribution is 2.32. The van der Waals surface area contributed by atoms with Crippen LogP contribution >= 0.6 is 0 Å². The number of H-pyrrole nitrogens is 1. The fourth-order valence-corrected chi connectivity index (χ4v) is 2.53. The summed E-state index contributed by atoms with van der Waals surface area (Å²) in [4.78, 5) is 35.2. The van der Waals surface area contributed by atoms with Crippen LogP contribution in [0, 0.1) is 0 Å². The van der Waals surface area contributed by atoms with Crippen molar-refractivity contribution in [2.75, 3.05) is 6.79 Å². The van der Waals surface area contributed by atoms with Gasteiger partial charge in [-0.2, -0.15) is 0 Å². The molecule has 1 aromatic carbocycles. The van der Waals surface area contributed by atoms with Crippen LogP contribution in [-0.2, 0) is 6.54 Å². The Kier molecular flexibility index (Phi) is 4.06. The average Bonchev–Trinajstić information content (AvgIpc) is 3.14. The quantitative estimate of drug-likeness (QED) is 0.738. The van der Waals surface area contributed by atoms with Crippen molar-refractivity contribution in [2.24, 2.45) is 0 Å². The van der Waals surface area contributed by atoms with E-state index in [-0.39, 0.29) is 18.9 Å². The van der Waals surface area contributed by atoms with Crippen LogP contribution in [0.25, 0.3) is 11.4 Å². The van der Waals surface area contributed by atoms with Crippen molar-refractivity contribution >= 4 is 5.91 Å². The number of carbonyl (C=O) groups is 1. The largest absolute Gasteiger partial charge is 0.454 e. The zero-order valence-corrected chi connectivity index (χ0v) is 13.6. The highest BCUT2D eigenvalue weighted by atomic mass is 16.7. The predicted molar refractivity (Wildman–Crippen MR) is 91.8 cm³/mol. The van der Waals surface area contributed by atoms with Gasteiger partial charge < -0.3 is 19.8 Å². The molecule has 0 saturated heterocycles. The summed E-state index contributed by atoms with van der Waals surface area (Å²) in [6, 6.07) is 8.89. The summed E-state index contributed by atoms with van der Waals surface area (Å²) >= 11 is 0. The van der Waals surface area contributed by atoms with Crippen molar-refractivity contribution in [2.45, 2.75) is 6.54 Å². The van der Waals surface area contributed by atoms with Gasteiger partial charge in [-0.3, -0.25) is 14.6 Å². The maximum atomic E-state index is 12.3. The molecule has 8 nitrogen and oxygen atoms in total. The fraction of sp³-hybridized carbons (Fsp3) is 0.111. The number of benzene rings is 1. The summed E-state index contributed by atoms with van der Waals surface area (Å²) in [7, 11) is 0. The van der Waals surface area contributed by atoms with Crippen LogP contribution in [0.1, 0.15) is 15.9 Å². The van der Waals surface area contributed by atoms with Crippen molar-refractivity contribution < 1.29 is 14.3 Å². The number of hydrogen-bond acceptors (Lipinski definition) is 6. The van der Waals surface area contributed by atoms with Gasteiger partial charge >= 0.3 is 0 Å². The van der Waals surface area contributed by atoms with Gasteiger partial charge in [0.15, 0.2) is 11.5 Å². The van der Waals surface area contributed by atoms with E-state index in [0.717, 1.165) is 5.56 Å². The molecule has 1 amide bonds. The third-order valence-corrected chi connectivity index (χ3v) is 3.87. The van der Waals surface area contributed by atoms with Crippen LogP contribution in [0.3, 0.4) is 0 Å². The third-order valence-electron chi connectivity index (χ3n) is 3.87.